The number of likely N-dealkylation sites (N-methyl/N-ethyl adjacent to an activating group) is 2. The summed E-state index contributed by atoms with van der Waals surface area (Å²) in [6.07, 6.45) is 0. The standard InChI is InChI=1S/C10H16N4O2S/c1-6(11)9-13-7(5-17-9)10(16)14(3)4-8(15)12-2/h5-6H,4,11H2,1-3H3,(H,12,15). The molecule has 2 amide bonds. The fourth-order valence-electron chi connectivity index (χ4n) is 1.16. The predicted molar refractivity (Wildman–Crippen MR) is 65.7 cm³/mol. The molecule has 1 atom stereocenters. The molecule has 0 fully saturated rings. The highest BCUT2D eigenvalue weighted by Gasteiger charge is 2.18. The highest BCUT2D eigenvalue weighted by atomic mass is 32.1. The van der Waals surface area contributed by atoms with Crippen LogP contribution < -0.4 is 11.1 Å². The number of nitrogens with two attached hydrogens (primary N) is 1. The van der Waals surface area contributed by atoms with Gasteiger partial charge in [-0.25, -0.2) is 4.98 Å². The number of hydrogen-bond acceptors (Lipinski definition) is 5. The summed E-state index contributed by atoms with van der Waals surface area (Å²) < 4.78 is 0. The second-order valence-corrected chi connectivity index (χ2v) is 4.58. The number of nitrogens with one attached hydrogen (secondary N) is 1. The van der Waals surface area contributed by atoms with Gasteiger partial charge in [-0.15, -0.1) is 11.3 Å². The average molecular weight is 256 g/mol. The molecule has 1 rings (SSSR count). The van der Waals surface area contributed by atoms with Crippen LogP contribution in [0, 0.1) is 0 Å². The Morgan fingerprint density at radius 2 is 2.29 bits per heavy atom. The van der Waals surface area contributed by atoms with Gasteiger partial charge in [-0.05, 0) is 6.92 Å². The molecule has 6 nitrogen and oxygen atoms in total. The molecular weight excluding hydrogens is 240 g/mol. The molecule has 3 N–H and O–H groups in total. The molecule has 7 heteroatoms. The normalized spacial score (nSPS) is 12.0. The second-order valence-electron chi connectivity index (χ2n) is 3.69. The molecule has 1 unspecified atom stereocenters. The van der Waals surface area contributed by atoms with Crippen LogP contribution in [-0.4, -0.2) is 42.3 Å². The molecule has 0 aliphatic rings. The van der Waals surface area contributed by atoms with Crippen molar-refractivity contribution in [3.63, 3.8) is 0 Å². The van der Waals surface area contributed by atoms with E-state index in [1.54, 1.807) is 19.4 Å². The Kier molecular flexibility index (Phi) is 4.59. The van der Waals surface area contributed by atoms with Gasteiger partial charge in [0.2, 0.25) is 5.91 Å². The first-order valence-corrected chi connectivity index (χ1v) is 6.00. The number of nitrogens with zero attached hydrogens (tertiary/aromatic N) is 2. The molecule has 0 saturated carbocycles. The maximum atomic E-state index is 11.9. The number of amides is 2. The van der Waals surface area contributed by atoms with Crippen molar-refractivity contribution in [2.75, 3.05) is 20.6 Å². The van der Waals surface area contributed by atoms with Gasteiger partial charge < -0.3 is 16.0 Å². The zero-order valence-corrected chi connectivity index (χ0v) is 10.9. The van der Waals surface area contributed by atoms with E-state index in [9.17, 15) is 9.59 Å². The molecule has 0 bridgehead atoms. The third-order valence-corrected chi connectivity index (χ3v) is 3.18. The topological polar surface area (TPSA) is 88.3 Å². The van der Waals surface area contributed by atoms with Crippen LogP contribution in [-0.2, 0) is 4.79 Å². The van der Waals surface area contributed by atoms with E-state index in [4.69, 9.17) is 5.73 Å². The highest BCUT2D eigenvalue weighted by Crippen LogP contribution is 2.16. The predicted octanol–water partition coefficient (Wildman–Crippen LogP) is -0.0192. The zero-order chi connectivity index (χ0) is 13.0. The van der Waals surface area contributed by atoms with Crippen molar-refractivity contribution in [2.24, 2.45) is 5.73 Å². The summed E-state index contributed by atoms with van der Waals surface area (Å²) in [6.45, 7) is 1.82. The minimum atomic E-state index is -0.281. The van der Waals surface area contributed by atoms with Crippen LogP contribution in [0.2, 0.25) is 0 Å². The van der Waals surface area contributed by atoms with E-state index in [0.29, 0.717) is 10.7 Å². The van der Waals surface area contributed by atoms with Gasteiger partial charge in [0, 0.05) is 19.5 Å². The number of thiazole rings is 1. The van der Waals surface area contributed by atoms with Gasteiger partial charge in [0.1, 0.15) is 10.7 Å². The van der Waals surface area contributed by atoms with Crippen molar-refractivity contribution in [3.05, 3.63) is 16.1 Å². The zero-order valence-electron chi connectivity index (χ0n) is 10.1. The van der Waals surface area contributed by atoms with Crippen molar-refractivity contribution >= 4 is 23.2 Å². The largest absolute Gasteiger partial charge is 0.358 e. The Balaban J connectivity index is 2.71. The molecule has 0 aliphatic carbocycles. The Hall–Kier alpha value is -1.47. The molecule has 0 aromatic carbocycles. The lowest BCUT2D eigenvalue weighted by molar-refractivity contribution is -0.121. The van der Waals surface area contributed by atoms with Crippen LogP contribution in [0.15, 0.2) is 5.38 Å². The Bertz CT molecular complexity index is 416. The number of aromatic nitrogens is 1. The Morgan fingerprint density at radius 1 is 1.65 bits per heavy atom. The minimum Gasteiger partial charge on any atom is -0.358 e. The number of carbonyl (C=O) groups is 2. The van der Waals surface area contributed by atoms with E-state index in [2.05, 4.69) is 10.3 Å². The van der Waals surface area contributed by atoms with E-state index in [1.165, 1.54) is 23.3 Å². The Morgan fingerprint density at radius 3 is 2.76 bits per heavy atom. The summed E-state index contributed by atoms with van der Waals surface area (Å²) >= 11 is 1.34. The third kappa shape index (κ3) is 3.50. The summed E-state index contributed by atoms with van der Waals surface area (Å²) in [7, 11) is 3.08. The van der Waals surface area contributed by atoms with Crippen LogP contribution >= 0.6 is 11.3 Å². The van der Waals surface area contributed by atoms with Gasteiger partial charge in [0.25, 0.3) is 5.91 Å². The smallest absolute Gasteiger partial charge is 0.273 e. The minimum absolute atomic E-state index is 0.0143. The summed E-state index contributed by atoms with van der Waals surface area (Å²) in [5.41, 5.74) is 5.99. The van der Waals surface area contributed by atoms with Crippen LogP contribution in [0.1, 0.15) is 28.5 Å². The molecule has 0 radical (unpaired) electrons. The Labute approximate surface area is 104 Å². The van der Waals surface area contributed by atoms with E-state index in [-0.39, 0.29) is 24.4 Å². The van der Waals surface area contributed by atoms with Gasteiger partial charge in [-0.2, -0.15) is 0 Å². The van der Waals surface area contributed by atoms with E-state index < -0.39 is 0 Å². The lowest BCUT2D eigenvalue weighted by Crippen LogP contribution is -2.37. The molecule has 17 heavy (non-hydrogen) atoms. The highest BCUT2D eigenvalue weighted by molar-refractivity contribution is 7.09. The van der Waals surface area contributed by atoms with Crippen LogP contribution in [0.4, 0.5) is 0 Å². The van der Waals surface area contributed by atoms with Crippen LogP contribution in [0.5, 0.6) is 0 Å². The lowest BCUT2D eigenvalue weighted by Gasteiger charge is -2.14. The van der Waals surface area contributed by atoms with Crippen LogP contribution in [0.3, 0.4) is 0 Å². The van der Waals surface area contributed by atoms with Crippen molar-refractivity contribution < 1.29 is 9.59 Å². The molecule has 1 aromatic heterocycles. The summed E-state index contributed by atoms with van der Waals surface area (Å²) in [6, 6.07) is -0.189. The fraction of sp³-hybridized carbons (Fsp3) is 0.500. The molecular formula is C10H16N4O2S. The monoisotopic (exact) mass is 256 g/mol. The van der Waals surface area contributed by atoms with Gasteiger partial charge in [-0.1, -0.05) is 0 Å². The van der Waals surface area contributed by atoms with E-state index >= 15 is 0 Å². The third-order valence-electron chi connectivity index (χ3n) is 2.14. The van der Waals surface area contributed by atoms with Gasteiger partial charge >= 0.3 is 0 Å². The quantitative estimate of drug-likeness (QED) is 0.792. The van der Waals surface area contributed by atoms with Crippen LogP contribution in [0.25, 0.3) is 0 Å². The number of rotatable bonds is 4. The first-order chi connectivity index (χ1) is 7.95. The summed E-state index contributed by atoms with van der Waals surface area (Å²) in [5, 5.41) is 4.82. The maximum Gasteiger partial charge on any atom is 0.273 e. The van der Waals surface area contributed by atoms with E-state index in [0.717, 1.165) is 0 Å². The van der Waals surface area contributed by atoms with E-state index in [1.807, 2.05) is 0 Å². The summed E-state index contributed by atoms with van der Waals surface area (Å²) in [4.78, 5) is 28.5. The summed E-state index contributed by atoms with van der Waals surface area (Å²) in [5.74, 6) is -0.500. The lowest BCUT2D eigenvalue weighted by atomic mass is 10.3. The molecule has 0 spiro atoms. The van der Waals surface area contributed by atoms with Gasteiger partial charge in [0.15, 0.2) is 0 Å². The van der Waals surface area contributed by atoms with Crippen molar-refractivity contribution in [1.29, 1.82) is 0 Å². The molecule has 1 heterocycles. The number of hydrogen-bond donors (Lipinski definition) is 2. The second kappa shape index (κ2) is 5.74. The first kappa shape index (κ1) is 13.6. The maximum absolute atomic E-state index is 11.9. The molecule has 0 aliphatic heterocycles. The van der Waals surface area contributed by atoms with Gasteiger partial charge in [0.05, 0.1) is 12.6 Å². The van der Waals surface area contributed by atoms with Crippen molar-refractivity contribution in [1.82, 2.24) is 15.2 Å². The average Bonchev–Trinajstić information content (AvgIpc) is 2.77. The van der Waals surface area contributed by atoms with Crippen molar-refractivity contribution in [2.45, 2.75) is 13.0 Å². The first-order valence-electron chi connectivity index (χ1n) is 5.12. The fourth-order valence-corrected chi connectivity index (χ4v) is 1.91. The molecule has 0 saturated heterocycles. The molecule has 1 aromatic rings. The SMILES string of the molecule is CNC(=O)CN(C)C(=O)c1csc(C(C)N)n1. The molecule has 94 valence electrons. The van der Waals surface area contributed by atoms with Crippen molar-refractivity contribution in [3.8, 4) is 0 Å². The van der Waals surface area contributed by atoms with Gasteiger partial charge in [-0.3, -0.25) is 9.59 Å². The number of carbonyl (C=O) groups excluding carboxylic acids is 2.